The lowest BCUT2D eigenvalue weighted by molar-refractivity contribution is -0.119. The second-order valence-electron chi connectivity index (χ2n) is 11.0. The van der Waals surface area contributed by atoms with E-state index in [1.54, 1.807) is 7.11 Å². The van der Waals surface area contributed by atoms with E-state index in [0.717, 1.165) is 29.9 Å². The topological polar surface area (TPSA) is 29.5 Å². The van der Waals surface area contributed by atoms with Gasteiger partial charge < -0.3 is 9.84 Å². The highest BCUT2D eigenvalue weighted by Gasteiger charge is 2.60. The highest BCUT2D eigenvalue weighted by molar-refractivity contribution is 5.56. The third-order valence-electron chi connectivity index (χ3n) is 9.92. The molecule has 0 radical (unpaired) electrons. The Morgan fingerprint density at radius 3 is 2.48 bits per heavy atom. The molecule has 0 amide bonds. The van der Waals surface area contributed by atoms with Gasteiger partial charge in [0.25, 0.3) is 0 Å². The van der Waals surface area contributed by atoms with Crippen LogP contribution in [-0.2, 0) is 0 Å². The summed E-state index contributed by atoms with van der Waals surface area (Å²) in [6.07, 6.45) is 14.2. The molecular weight excluding hydrogens is 356 g/mol. The Labute approximate surface area is 176 Å². The van der Waals surface area contributed by atoms with Crippen molar-refractivity contribution in [3.63, 3.8) is 0 Å². The van der Waals surface area contributed by atoms with Crippen LogP contribution in [0.4, 0.5) is 0 Å². The first-order valence-corrected chi connectivity index (χ1v) is 12.0. The fourth-order valence-corrected chi connectivity index (χ4v) is 8.21. The van der Waals surface area contributed by atoms with Crippen molar-refractivity contribution in [3.8, 4) is 5.75 Å². The van der Waals surface area contributed by atoms with Crippen LogP contribution in [0.2, 0.25) is 0 Å². The first-order chi connectivity index (χ1) is 14.0. The average Bonchev–Trinajstić information content (AvgIpc) is 2.99. The van der Waals surface area contributed by atoms with Crippen LogP contribution in [0.1, 0.15) is 77.2 Å². The molecular formula is C27H38O2. The smallest absolute Gasteiger partial charge is 0.118 e. The summed E-state index contributed by atoms with van der Waals surface area (Å²) in [5.74, 6) is 4.19. The second-order valence-corrected chi connectivity index (χ2v) is 11.0. The Morgan fingerprint density at radius 2 is 1.72 bits per heavy atom. The predicted octanol–water partition coefficient (Wildman–Crippen LogP) is 6.48. The van der Waals surface area contributed by atoms with Gasteiger partial charge in [0.05, 0.1) is 13.2 Å². The molecule has 158 valence electrons. The van der Waals surface area contributed by atoms with Gasteiger partial charge in [-0.3, -0.25) is 0 Å². The first kappa shape index (κ1) is 19.7. The third-order valence-corrected chi connectivity index (χ3v) is 9.92. The minimum atomic E-state index is -0.285. The Kier molecular flexibility index (Phi) is 4.85. The van der Waals surface area contributed by atoms with Crippen LogP contribution in [0.25, 0.3) is 6.08 Å². The summed E-state index contributed by atoms with van der Waals surface area (Å²) in [6, 6.07) is 8.26. The van der Waals surface area contributed by atoms with E-state index in [0.29, 0.717) is 11.3 Å². The molecule has 1 aromatic carbocycles. The zero-order chi connectivity index (χ0) is 20.2. The van der Waals surface area contributed by atoms with E-state index in [4.69, 9.17) is 4.74 Å². The molecule has 2 nitrogen and oxygen atoms in total. The van der Waals surface area contributed by atoms with E-state index >= 15 is 0 Å². The van der Waals surface area contributed by atoms with Gasteiger partial charge in [-0.15, -0.1) is 0 Å². The maximum absolute atomic E-state index is 11.4. The molecule has 29 heavy (non-hydrogen) atoms. The quantitative estimate of drug-likeness (QED) is 0.622. The van der Waals surface area contributed by atoms with Crippen LogP contribution < -0.4 is 4.74 Å². The summed E-state index contributed by atoms with van der Waals surface area (Å²) in [4.78, 5) is 0. The van der Waals surface area contributed by atoms with Crippen LogP contribution >= 0.6 is 0 Å². The lowest BCUT2D eigenvalue weighted by Crippen LogP contribution is -2.53. The van der Waals surface area contributed by atoms with Gasteiger partial charge in [0.2, 0.25) is 0 Å². The number of fused-ring (bicyclic) bond motifs is 5. The Balaban J connectivity index is 1.43. The summed E-state index contributed by atoms with van der Waals surface area (Å²) in [7, 11) is 1.71. The predicted molar refractivity (Wildman–Crippen MR) is 119 cm³/mol. The minimum absolute atomic E-state index is 0.0668. The molecule has 0 aromatic heterocycles. The van der Waals surface area contributed by atoms with Crippen molar-refractivity contribution >= 4 is 6.08 Å². The zero-order valence-corrected chi connectivity index (χ0v) is 18.5. The molecule has 5 rings (SSSR count). The molecule has 4 saturated carbocycles. The summed E-state index contributed by atoms with van der Waals surface area (Å²) in [5, 5.41) is 11.4. The van der Waals surface area contributed by atoms with E-state index in [-0.39, 0.29) is 11.5 Å². The van der Waals surface area contributed by atoms with Crippen molar-refractivity contribution < 1.29 is 9.84 Å². The number of aliphatic hydroxyl groups excluding tert-OH is 1. The molecule has 7 atom stereocenters. The van der Waals surface area contributed by atoms with E-state index in [1.165, 1.54) is 62.5 Å². The summed E-state index contributed by atoms with van der Waals surface area (Å²) >= 11 is 0. The number of hydrogen-bond acceptors (Lipinski definition) is 2. The lowest BCUT2D eigenvalue weighted by Gasteiger charge is -2.60. The summed E-state index contributed by atoms with van der Waals surface area (Å²) in [6.45, 7) is 5.03. The molecule has 2 heteroatoms. The molecule has 1 aromatic rings. The van der Waals surface area contributed by atoms with Crippen molar-refractivity contribution in [2.24, 2.45) is 34.5 Å². The fraction of sp³-hybridized carbons (Fsp3) is 0.704. The lowest BCUT2D eigenvalue weighted by atomic mass is 9.45. The van der Waals surface area contributed by atoms with Crippen molar-refractivity contribution in [2.75, 3.05) is 7.11 Å². The van der Waals surface area contributed by atoms with Crippen molar-refractivity contribution in [1.29, 1.82) is 0 Å². The van der Waals surface area contributed by atoms with Gasteiger partial charge in [0.1, 0.15) is 5.75 Å². The second kappa shape index (κ2) is 7.15. The standard InChI is InChI=1S/C27H38O2/c1-26-14-5-4-6-20(26)9-12-22-23(26)13-15-27(2)24(22)17-19(25(27)28)16-18-7-10-21(29-3)11-8-18/h7-8,10-11,16,20,22-25,28H,4-6,9,12-15,17H2,1-3H3/b19-16+/t20-,22+,23-,24+,25+,26-,27-/m0/s1. The molecule has 4 aliphatic rings. The molecule has 4 fully saturated rings. The van der Waals surface area contributed by atoms with E-state index in [9.17, 15) is 5.11 Å². The highest BCUT2D eigenvalue weighted by Crippen LogP contribution is 2.67. The Bertz CT molecular complexity index is 780. The Hall–Kier alpha value is -1.28. The van der Waals surface area contributed by atoms with Gasteiger partial charge in [0.15, 0.2) is 0 Å². The highest BCUT2D eigenvalue weighted by atomic mass is 16.5. The molecule has 0 spiro atoms. The number of aliphatic hydroxyl groups is 1. The van der Waals surface area contributed by atoms with Crippen LogP contribution in [-0.4, -0.2) is 18.3 Å². The largest absolute Gasteiger partial charge is 0.497 e. The molecule has 0 saturated heterocycles. The zero-order valence-electron chi connectivity index (χ0n) is 18.5. The van der Waals surface area contributed by atoms with Crippen LogP contribution in [0.5, 0.6) is 5.75 Å². The molecule has 0 heterocycles. The number of rotatable bonds is 2. The molecule has 0 aliphatic heterocycles. The van der Waals surface area contributed by atoms with Crippen LogP contribution in [0.15, 0.2) is 29.8 Å². The van der Waals surface area contributed by atoms with Gasteiger partial charge >= 0.3 is 0 Å². The van der Waals surface area contributed by atoms with Gasteiger partial charge in [-0.2, -0.15) is 0 Å². The minimum Gasteiger partial charge on any atom is -0.497 e. The number of methoxy groups -OCH3 is 1. The van der Waals surface area contributed by atoms with Gasteiger partial charge in [-0.25, -0.2) is 0 Å². The summed E-state index contributed by atoms with van der Waals surface area (Å²) in [5.41, 5.74) is 3.08. The van der Waals surface area contributed by atoms with E-state index in [1.807, 2.05) is 12.1 Å². The number of benzene rings is 1. The van der Waals surface area contributed by atoms with E-state index < -0.39 is 0 Å². The molecule has 1 N–H and O–H groups in total. The maximum atomic E-state index is 11.4. The first-order valence-electron chi connectivity index (χ1n) is 12.0. The average molecular weight is 395 g/mol. The van der Waals surface area contributed by atoms with Gasteiger partial charge in [-0.1, -0.05) is 44.9 Å². The van der Waals surface area contributed by atoms with Crippen molar-refractivity contribution in [2.45, 2.75) is 77.7 Å². The van der Waals surface area contributed by atoms with Crippen LogP contribution in [0.3, 0.4) is 0 Å². The van der Waals surface area contributed by atoms with Crippen molar-refractivity contribution in [1.82, 2.24) is 0 Å². The normalized spacial score (nSPS) is 45.4. The molecule has 0 unspecified atom stereocenters. The molecule has 4 aliphatic carbocycles. The van der Waals surface area contributed by atoms with Crippen LogP contribution in [0, 0.1) is 34.5 Å². The van der Waals surface area contributed by atoms with Gasteiger partial charge in [0, 0.05) is 5.41 Å². The monoisotopic (exact) mass is 394 g/mol. The summed E-state index contributed by atoms with van der Waals surface area (Å²) < 4.78 is 5.30. The van der Waals surface area contributed by atoms with Crippen molar-refractivity contribution in [3.05, 3.63) is 35.4 Å². The maximum Gasteiger partial charge on any atom is 0.118 e. The number of hydrogen-bond donors (Lipinski definition) is 1. The number of ether oxygens (including phenoxy) is 1. The fourth-order valence-electron chi connectivity index (χ4n) is 8.21. The van der Waals surface area contributed by atoms with E-state index in [2.05, 4.69) is 32.1 Å². The SMILES string of the molecule is COc1ccc(/C=C2\C[C@@H]3[C@@H]4CC[C@@H]5CCCC[C@]5(C)[C@H]4CC[C@]3(C)[C@@H]2O)cc1. The van der Waals surface area contributed by atoms with Gasteiger partial charge in [-0.05, 0) is 97.3 Å². The Morgan fingerprint density at radius 1 is 0.931 bits per heavy atom. The third kappa shape index (κ3) is 3.00. The molecule has 0 bridgehead atoms.